The SMILES string of the molecule is Nc1nc(-c2cccc(OCc3ccccc3)c2)cc(-c2nc3ccccc3c(=O)[nH]2)n1. The smallest absolute Gasteiger partial charge is 0.259 e. The van der Waals surface area contributed by atoms with E-state index in [2.05, 4.69) is 19.9 Å². The average Bonchev–Trinajstić information content (AvgIpc) is 2.83. The summed E-state index contributed by atoms with van der Waals surface area (Å²) < 4.78 is 5.93. The van der Waals surface area contributed by atoms with Gasteiger partial charge in [0.15, 0.2) is 5.82 Å². The van der Waals surface area contributed by atoms with Gasteiger partial charge in [0.1, 0.15) is 18.1 Å². The fourth-order valence-corrected chi connectivity index (χ4v) is 3.43. The van der Waals surface area contributed by atoms with Gasteiger partial charge in [-0.1, -0.05) is 54.6 Å². The second-order valence-corrected chi connectivity index (χ2v) is 7.23. The van der Waals surface area contributed by atoms with E-state index in [-0.39, 0.29) is 11.5 Å². The molecule has 156 valence electrons. The Morgan fingerprint density at radius 1 is 0.812 bits per heavy atom. The number of nitrogens with zero attached hydrogens (tertiary/aromatic N) is 3. The molecular weight excluding hydrogens is 402 g/mol. The van der Waals surface area contributed by atoms with Gasteiger partial charge in [-0.25, -0.2) is 15.0 Å². The van der Waals surface area contributed by atoms with Crippen LogP contribution < -0.4 is 16.0 Å². The number of H-pyrrole nitrogens is 1. The number of fused-ring (bicyclic) bond motifs is 1. The molecule has 3 aromatic carbocycles. The molecule has 7 nitrogen and oxygen atoms in total. The Bertz CT molecular complexity index is 1460. The van der Waals surface area contributed by atoms with E-state index in [0.29, 0.717) is 40.5 Å². The summed E-state index contributed by atoms with van der Waals surface area (Å²) in [6.45, 7) is 0.462. The van der Waals surface area contributed by atoms with Gasteiger partial charge >= 0.3 is 0 Å². The second-order valence-electron chi connectivity index (χ2n) is 7.23. The van der Waals surface area contributed by atoms with Crippen LogP contribution in [0.25, 0.3) is 33.7 Å². The van der Waals surface area contributed by atoms with Gasteiger partial charge in [-0.15, -0.1) is 0 Å². The van der Waals surface area contributed by atoms with Crippen molar-refractivity contribution in [3.63, 3.8) is 0 Å². The minimum atomic E-state index is -0.236. The molecule has 0 aliphatic rings. The lowest BCUT2D eigenvalue weighted by Gasteiger charge is -2.09. The van der Waals surface area contributed by atoms with Crippen LogP contribution >= 0.6 is 0 Å². The number of hydrogen-bond acceptors (Lipinski definition) is 6. The van der Waals surface area contributed by atoms with E-state index in [1.807, 2.05) is 60.7 Å². The summed E-state index contributed by atoms with van der Waals surface area (Å²) in [7, 11) is 0. The van der Waals surface area contributed by atoms with Crippen LogP contribution in [0, 0.1) is 0 Å². The third-order valence-corrected chi connectivity index (χ3v) is 4.98. The summed E-state index contributed by atoms with van der Waals surface area (Å²) in [6, 6.07) is 26.4. The summed E-state index contributed by atoms with van der Waals surface area (Å²) >= 11 is 0. The first-order valence-electron chi connectivity index (χ1n) is 10.1. The molecule has 3 N–H and O–H groups in total. The van der Waals surface area contributed by atoms with Crippen molar-refractivity contribution in [2.45, 2.75) is 6.61 Å². The van der Waals surface area contributed by atoms with Crippen molar-refractivity contribution in [3.8, 4) is 28.5 Å². The molecule has 0 unspecified atom stereocenters. The van der Waals surface area contributed by atoms with Gasteiger partial charge in [-0.2, -0.15) is 0 Å². The molecule has 0 aliphatic heterocycles. The molecule has 7 heteroatoms. The van der Waals surface area contributed by atoms with Crippen LogP contribution in [-0.4, -0.2) is 19.9 Å². The van der Waals surface area contributed by atoms with Crippen LogP contribution in [0.1, 0.15) is 5.56 Å². The van der Waals surface area contributed by atoms with Crippen molar-refractivity contribution in [3.05, 3.63) is 101 Å². The van der Waals surface area contributed by atoms with Gasteiger partial charge in [0.2, 0.25) is 5.95 Å². The third-order valence-electron chi connectivity index (χ3n) is 4.98. The molecule has 0 saturated heterocycles. The first kappa shape index (κ1) is 19.4. The standard InChI is InChI=1S/C25H19N5O2/c26-25-28-21(17-9-6-10-18(13-17)32-15-16-7-2-1-3-8-16)14-22(29-25)23-27-20-12-5-4-11-19(20)24(31)30-23/h1-14H,15H2,(H2,26,28,29)(H,27,30,31). The highest BCUT2D eigenvalue weighted by Gasteiger charge is 2.12. The lowest BCUT2D eigenvalue weighted by Crippen LogP contribution is -2.10. The molecule has 0 spiro atoms. The predicted octanol–water partition coefficient (Wildman–Crippen LogP) is 4.21. The highest BCUT2D eigenvalue weighted by Crippen LogP contribution is 2.26. The number of aromatic nitrogens is 4. The van der Waals surface area contributed by atoms with Gasteiger partial charge in [-0.3, -0.25) is 4.79 Å². The summed E-state index contributed by atoms with van der Waals surface area (Å²) in [4.78, 5) is 28.4. The van der Waals surface area contributed by atoms with Crippen LogP contribution in [0.15, 0.2) is 89.7 Å². The number of nitrogens with one attached hydrogen (secondary N) is 1. The maximum Gasteiger partial charge on any atom is 0.259 e. The first-order chi connectivity index (χ1) is 15.7. The lowest BCUT2D eigenvalue weighted by atomic mass is 10.1. The molecule has 0 bridgehead atoms. The molecule has 0 fully saturated rings. The number of nitrogen functional groups attached to an aromatic ring is 1. The van der Waals surface area contributed by atoms with E-state index >= 15 is 0 Å². The minimum Gasteiger partial charge on any atom is -0.489 e. The largest absolute Gasteiger partial charge is 0.489 e. The van der Waals surface area contributed by atoms with Crippen LogP contribution in [0.3, 0.4) is 0 Å². The fraction of sp³-hybridized carbons (Fsp3) is 0.0400. The zero-order chi connectivity index (χ0) is 21.9. The quantitative estimate of drug-likeness (QED) is 0.440. The second kappa shape index (κ2) is 8.31. The topological polar surface area (TPSA) is 107 Å². The number of nitrogens with two attached hydrogens (primary N) is 1. The van der Waals surface area contributed by atoms with E-state index in [0.717, 1.165) is 11.1 Å². The molecule has 2 heterocycles. The zero-order valence-corrected chi connectivity index (χ0v) is 17.0. The van der Waals surface area contributed by atoms with Gasteiger partial charge in [0.05, 0.1) is 16.6 Å². The fourth-order valence-electron chi connectivity index (χ4n) is 3.43. The predicted molar refractivity (Wildman–Crippen MR) is 124 cm³/mol. The molecule has 0 aliphatic carbocycles. The Morgan fingerprint density at radius 2 is 1.59 bits per heavy atom. The summed E-state index contributed by atoms with van der Waals surface area (Å²) in [5.41, 5.74) is 9.27. The first-order valence-corrected chi connectivity index (χ1v) is 10.1. The number of rotatable bonds is 5. The van der Waals surface area contributed by atoms with Crippen LogP contribution in [0.5, 0.6) is 5.75 Å². The number of benzene rings is 3. The monoisotopic (exact) mass is 421 g/mol. The molecule has 0 atom stereocenters. The molecule has 2 aromatic heterocycles. The van der Waals surface area contributed by atoms with Crippen LogP contribution in [0.2, 0.25) is 0 Å². The molecular formula is C25H19N5O2. The van der Waals surface area contributed by atoms with Gasteiger partial charge in [0.25, 0.3) is 5.56 Å². The van der Waals surface area contributed by atoms with E-state index in [4.69, 9.17) is 10.5 Å². The van der Waals surface area contributed by atoms with E-state index in [1.54, 1.807) is 24.3 Å². The zero-order valence-electron chi connectivity index (χ0n) is 17.0. The number of ether oxygens (including phenoxy) is 1. The molecule has 0 saturated carbocycles. The maximum atomic E-state index is 12.5. The van der Waals surface area contributed by atoms with Gasteiger partial charge in [0, 0.05) is 5.56 Å². The van der Waals surface area contributed by atoms with Crippen molar-refractivity contribution in [1.82, 2.24) is 19.9 Å². The van der Waals surface area contributed by atoms with Crippen molar-refractivity contribution < 1.29 is 4.74 Å². The van der Waals surface area contributed by atoms with Crippen molar-refractivity contribution in [2.24, 2.45) is 0 Å². The third kappa shape index (κ3) is 4.04. The van der Waals surface area contributed by atoms with E-state index in [1.165, 1.54) is 0 Å². The maximum absolute atomic E-state index is 12.5. The van der Waals surface area contributed by atoms with Crippen molar-refractivity contribution in [1.29, 1.82) is 0 Å². The van der Waals surface area contributed by atoms with E-state index in [9.17, 15) is 4.79 Å². The van der Waals surface area contributed by atoms with Gasteiger partial charge in [-0.05, 0) is 35.9 Å². The normalized spacial score (nSPS) is 10.9. The molecule has 32 heavy (non-hydrogen) atoms. The van der Waals surface area contributed by atoms with Gasteiger partial charge < -0.3 is 15.5 Å². The van der Waals surface area contributed by atoms with Crippen LogP contribution in [0.4, 0.5) is 5.95 Å². The Labute approximate surface area is 183 Å². The van der Waals surface area contributed by atoms with Crippen molar-refractivity contribution >= 4 is 16.9 Å². The summed E-state index contributed by atoms with van der Waals surface area (Å²) in [5.74, 6) is 1.13. The summed E-state index contributed by atoms with van der Waals surface area (Å²) in [6.07, 6.45) is 0. The van der Waals surface area contributed by atoms with Crippen LogP contribution in [-0.2, 0) is 6.61 Å². The number of anilines is 1. The Kier molecular flexibility index (Phi) is 5.05. The van der Waals surface area contributed by atoms with E-state index < -0.39 is 0 Å². The van der Waals surface area contributed by atoms with Crippen molar-refractivity contribution in [2.75, 3.05) is 5.73 Å². The number of para-hydroxylation sites is 1. The highest BCUT2D eigenvalue weighted by molar-refractivity contribution is 5.79. The minimum absolute atomic E-state index is 0.0870. The average molecular weight is 421 g/mol. The lowest BCUT2D eigenvalue weighted by molar-refractivity contribution is 0.306. The molecule has 5 rings (SSSR count). The molecule has 0 radical (unpaired) electrons. The summed E-state index contributed by atoms with van der Waals surface area (Å²) in [5, 5.41) is 0.516. The highest BCUT2D eigenvalue weighted by atomic mass is 16.5. The Balaban J connectivity index is 1.49. The Hall–Kier alpha value is -4.52. The molecule has 5 aromatic rings. The number of aromatic amines is 1. The number of hydrogen-bond donors (Lipinski definition) is 2. The Morgan fingerprint density at radius 3 is 2.47 bits per heavy atom. The molecule has 0 amide bonds.